The molecule has 0 bridgehead atoms. The Kier molecular flexibility index (Phi) is 5.61. The van der Waals surface area contributed by atoms with Gasteiger partial charge in [-0.3, -0.25) is 4.79 Å². The second-order valence-corrected chi connectivity index (χ2v) is 5.35. The first-order valence-corrected chi connectivity index (χ1v) is 7.25. The Morgan fingerprint density at radius 2 is 2.05 bits per heavy atom. The van der Waals surface area contributed by atoms with Gasteiger partial charge >= 0.3 is 0 Å². The maximum atomic E-state index is 12.0. The topological polar surface area (TPSA) is 59.0 Å². The summed E-state index contributed by atoms with van der Waals surface area (Å²) in [6.45, 7) is 1.85. The van der Waals surface area contributed by atoms with Crippen LogP contribution in [0.3, 0.4) is 0 Å². The quantitative estimate of drug-likeness (QED) is 0.799. The molecule has 0 atom stereocenters. The van der Waals surface area contributed by atoms with E-state index in [1.54, 1.807) is 24.4 Å². The molecule has 7 heteroatoms. The molecule has 0 unspecified atom stereocenters. The van der Waals surface area contributed by atoms with Crippen LogP contribution >= 0.6 is 23.2 Å². The van der Waals surface area contributed by atoms with Crippen molar-refractivity contribution in [3.05, 3.63) is 56.4 Å². The van der Waals surface area contributed by atoms with E-state index < -0.39 is 0 Å². The van der Waals surface area contributed by atoms with E-state index in [-0.39, 0.29) is 5.56 Å². The third-order valence-electron chi connectivity index (χ3n) is 2.91. The Balaban J connectivity index is 2.12. The SMILES string of the molecule is CNCCNc1cnn(Cc2ccc(Cl)cc2Cl)c(=O)c1. The van der Waals surface area contributed by atoms with Crippen molar-refractivity contribution in [1.82, 2.24) is 15.1 Å². The second-order valence-electron chi connectivity index (χ2n) is 4.51. The summed E-state index contributed by atoms with van der Waals surface area (Å²) in [6.07, 6.45) is 1.63. The molecule has 1 aromatic carbocycles. The minimum absolute atomic E-state index is 0.185. The summed E-state index contributed by atoms with van der Waals surface area (Å²) in [5.74, 6) is 0. The number of halogens is 2. The molecule has 0 amide bonds. The highest BCUT2D eigenvalue weighted by atomic mass is 35.5. The number of rotatable bonds is 6. The number of benzene rings is 1. The second kappa shape index (κ2) is 7.45. The van der Waals surface area contributed by atoms with Gasteiger partial charge in [-0.2, -0.15) is 5.10 Å². The molecule has 5 nitrogen and oxygen atoms in total. The zero-order chi connectivity index (χ0) is 15.2. The number of anilines is 1. The predicted octanol–water partition coefficient (Wildman–Crippen LogP) is 2.23. The Bertz CT molecular complexity index is 672. The zero-order valence-corrected chi connectivity index (χ0v) is 13.1. The standard InChI is InChI=1S/C14H16Cl2N4O/c1-17-4-5-18-12-7-14(21)20(19-8-12)9-10-2-3-11(15)6-13(10)16/h2-3,6-8,17-18H,4-5,9H2,1H3. The molecule has 0 aliphatic rings. The van der Waals surface area contributed by atoms with Crippen molar-refractivity contribution >= 4 is 28.9 Å². The number of hydrogen-bond acceptors (Lipinski definition) is 4. The van der Waals surface area contributed by atoms with Gasteiger partial charge < -0.3 is 10.6 Å². The van der Waals surface area contributed by atoms with Crippen molar-refractivity contribution in [3.8, 4) is 0 Å². The van der Waals surface area contributed by atoms with Gasteiger partial charge in [-0.15, -0.1) is 0 Å². The molecule has 21 heavy (non-hydrogen) atoms. The first-order chi connectivity index (χ1) is 10.1. The molecule has 112 valence electrons. The van der Waals surface area contributed by atoms with Crippen molar-refractivity contribution in [2.45, 2.75) is 6.54 Å². The Morgan fingerprint density at radius 1 is 1.24 bits per heavy atom. The summed E-state index contributed by atoms with van der Waals surface area (Å²) in [4.78, 5) is 12.0. The van der Waals surface area contributed by atoms with Crippen LogP contribution in [0.5, 0.6) is 0 Å². The van der Waals surface area contributed by atoms with E-state index >= 15 is 0 Å². The van der Waals surface area contributed by atoms with Crippen molar-refractivity contribution < 1.29 is 0 Å². The summed E-state index contributed by atoms with van der Waals surface area (Å²) in [5, 5.41) is 11.4. The van der Waals surface area contributed by atoms with E-state index in [9.17, 15) is 4.79 Å². The van der Waals surface area contributed by atoms with Gasteiger partial charge in [0.25, 0.3) is 5.56 Å². The predicted molar refractivity (Wildman–Crippen MR) is 86.5 cm³/mol. The number of nitrogens with one attached hydrogen (secondary N) is 2. The number of nitrogens with zero attached hydrogens (tertiary/aromatic N) is 2. The van der Waals surface area contributed by atoms with Gasteiger partial charge in [0.2, 0.25) is 0 Å². The van der Waals surface area contributed by atoms with E-state index in [2.05, 4.69) is 15.7 Å². The van der Waals surface area contributed by atoms with Crippen LogP contribution in [-0.2, 0) is 6.54 Å². The molecule has 0 radical (unpaired) electrons. The highest BCUT2D eigenvalue weighted by Gasteiger charge is 2.05. The van der Waals surface area contributed by atoms with Crippen LogP contribution in [0.4, 0.5) is 5.69 Å². The van der Waals surface area contributed by atoms with E-state index in [4.69, 9.17) is 23.2 Å². The molecule has 0 aliphatic heterocycles. The molecule has 0 aliphatic carbocycles. The average Bonchev–Trinajstić information content (AvgIpc) is 2.44. The molecular weight excluding hydrogens is 311 g/mol. The fraction of sp³-hybridized carbons (Fsp3) is 0.286. The fourth-order valence-corrected chi connectivity index (χ4v) is 2.26. The number of likely N-dealkylation sites (N-methyl/N-ethyl adjacent to an activating group) is 1. The van der Waals surface area contributed by atoms with Gasteiger partial charge in [0.05, 0.1) is 18.4 Å². The van der Waals surface area contributed by atoms with E-state index in [0.29, 0.717) is 22.3 Å². The minimum Gasteiger partial charge on any atom is -0.382 e. The lowest BCUT2D eigenvalue weighted by molar-refractivity contribution is 0.639. The van der Waals surface area contributed by atoms with Gasteiger partial charge in [-0.05, 0) is 24.7 Å². The minimum atomic E-state index is -0.185. The largest absolute Gasteiger partial charge is 0.382 e. The van der Waals surface area contributed by atoms with E-state index in [0.717, 1.165) is 18.7 Å². The van der Waals surface area contributed by atoms with Crippen LogP contribution in [0.15, 0.2) is 35.3 Å². The van der Waals surface area contributed by atoms with Crippen molar-refractivity contribution in [1.29, 1.82) is 0 Å². The monoisotopic (exact) mass is 326 g/mol. The molecule has 2 rings (SSSR count). The van der Waals surface area contributed by atoms with Gasteiger partial charge in [0, 0.05) is 29.2 Å². The van der Waals surface area contributed by atoms with Crippen molar-refractivity contribution in [2.75, 3.05) is 25.5 Å². The molecule has 0 fully saturated rings. The van der Waals surface area contributed by atoms with Gasteiger partial charge in [-0.25, -0.2) is 4.68 Å². The maximum absolute atomic E-state index is 12.0. The average molecular weight is 327 g/mol. The molecule has 1 heterocycles. The van der Waals surface area contributed by atoms with Crippen LogP contribution in [0.1, 0.15) is 5.56 Å². The summed E-state index contributed by atoms with van der Waals surface area (Å²) in [6, 6.07) is 6.70. The summed E-state index contributed by atoms with van der Waals surface area (Å²) in [5.41, 5.74) is 1.32. The summed E-state index contributed by atoms with van der Waals surface area (Å²) >= 11 is 12.0. The molecule has 1 aromatic heterocycles. The Hall–Kier alpha value is -1.56. The van der Waals surface area contributed by atoms with Crippen LogP contribution in [0.2, 0.25) is 10.0 Å². The summed E-state index contributed by atoms with van der Waals surface area (Å²) in [7, 11) is 1.87. The van der Waals surface area contributed by atoms with Crippen LogP contribution in [-0.4, -0.2) is 29.9 Å². The molecule has 0 spiro atoms. The molecule has 0 saturated heterocycles. The van der Waals surface area contributed by atoms with E-state index in [1.807, 2.05) is 7.05 Å². The number of aromatic nitrogens is 2. The van der Waals surface area contributed by atoms with Crippen molar-refractivity contribution in [3.63, 3.8) is 0 Å². The number of hydrogen-bond donors (Lipinski definition) is 2. The van der Waals surface area contributed by atoms with Gasteiger partial charge in [0.15, 0.2) is 0 Å². The smallest absolute Gasteiger partial charge is 0.269 e. The molecular formula is C14H16Cl2N4O. The van der Waals surface area contributed by atoms with Crippen LogP contribution in [0.25, 0.3) is 0 Å². The maximum Gasteiger partial charge on any atom is 0.269 e. The third kappa shape index (κ3) is 4.46. The van der Waals surface area contributed by atoms with Gasteiger partial charge in [-0.1, -0.05) is 29.3 Å². The van der Waals surface area contributed by atoms with Crippen LogP contribution in [0, 0.1) is 0 Å². The molecule has 2 N–H and O–H groups in total. The first-order valence-electron chi connectivity index (χ1n) is 6.49. The highest BCUT2D eigenvalue weighted by Crippen LogP contribution is 2.21. The Labute approximate surface area is 132 Å². The van der Waals surface area contributed by atoms with Gasteiger partial charge in [0.1, 0.15) is 0 Å². The fourth-order valence-electron chi connectivity index (χ4n) is 1.79. The lowest BCUT2D eigenvalue weighted by atomic mass is 10.2. The normalized spacial score (nSPS) is 10.6. The van der Waals surface area contributed by atoms with Crippen LogP contribution < -0.4 is 16.2 Å². The molecule has 0 saturated carbocycles. The third-order valence-corrected chi connectivity index (χ3v) is 3.50. The lowest BCUT2D eigenvalue weighted by Gasteiger charge is -2.09. The Morgan fingerprint density at radius 3 is 2.71 bits per heavy atom. The zero-order valence-electron chi connectivity index (χ0n) is 11.6. The molecule has 2 aromatic rings. The highest BCUT2D eigenvalue weighted by molar-refractivity contribution is 6.35. The van der Waals surface area contributed by atoms with E-state index in [1.165, 1.54) is 10.7 Å². The summed E-state index contributed by atoms with van der Waals surface area (Å²) < 4.78 is 1.36. The van der Waals surface area contributed by atoms with Crippen molar-refractivity contribution in [2.24, 2.45) is 0 Å². The first kappa shape index (κ1) is 15.8. The lowest BCUT2D eigenvalue weighted by Crippen LogP contribution is -2.24.